The highest BCUT2D eigenvalue weighted by molar-refractivity contribution is 6.04. The van der Waals surface area contributed by atoms with Crippen LogP contribution in [0.5, 0.6) is 5.75 Å². The molecule has 3 nitrogen and oxygen atoms in total. The summed E-state index contributed by atoms with van der Waals surface area (Å²) in [6.07, 6.45) is 0.967. The van der Waals surface area contributed by atoms with Gasteiger partial charge in [-0.2, -0.15) is 0 Å². The van der Waals surface area contributed by atoms with Crippen LogP contribution in [-0.4, -0.2) is 12.5 Å². The van der Waals surface area contributed by atoms with Crippen LogP contribution in [0.4, 0.5) is 5.69 Å². The van der Waals surface area contributed by atoms with Crippen molar-refractivity contribution in [1.29, 1.82) is 0 Å². The first-order chi connectivity index (χ1) is 10.1. The molecule has 0 heterocycles. The molecule has 0 aliphatic rings. The Balaban J connectivity index is 2.04. The van der Waals surface area contributed by atoms with Gasteiger partial charge in [-0.25, -0.2) is 0 Å². The van der Waals surface area contributed by atoms with E-state index < -0.39 is 0 Å². The summed E-state index contributed by atoms with van der Waals surface area (Å²) in [5.74, 6) is 0.680. The number of amides is 1. The molecular weight excluding hydrogens is 262 g/mol. The minimum absolute atomic E-state index is 0.111. The molecule has 0 radical (unpaired) electrons. The molecule has 2 rings (SSSR count). The largest absolute Gasteiger partial charge is 0.494 e. The second-order valence-corrected chi connectivity index (χ2v) is 5.13. The number of carbonyl (C=O) groups is 1. The van der Waals surface area contributed by atoms with E-state index in [-0.39, 0.29) is 5.91 Å². The van der Waals surface area contributed by atoms with Gasteiger partial charge in [-0.3, -0.25) is 4.79 Å². The molecule has 0 fully saturated rings. The Bertz CT molecular complexity index is 618. The third-order valence-electron chi connectivity index (χ3n) is 3.35. The molecular formula is C18H21NO2. The van der Waals surface area contributed by atoms with Gasteiger partial charge in [0.1, 0.15) is 5.75 Å². The summed E-state index contributed by atoms with van der Waals surface area (Å²) in [4.78, 5) is 12.2. The maximum atomic E-state index is 12.2. The van der Waals surface area contributed by atoms with Crippen molar-refractivity contribution in [3.63, 3.8) is 0 Å². The van der Waals surface area contributed by atoms with Crippen molar-refractivity contribution < 1.29 is 9.53 Å². The van der Waals surface area contributed by atoms with Gasteiger partial charge in [-0.05, 0) is 67.8 Å². The molecule has 1 N–H and O–H groups in total. The Morgan fingerprint density at radius 2 is 1.76 bits per heavy atom. The third-order valence-corrected chi connectivity index (χ3v) is 3.35. The van der Waals surface area contributed by atoms with Crippen LogP contribution in [0, 0.1) is 13.8 Å². The topological polar surface area (TPSA) is 38.3 Å². The number of anilines is 1. The smallest absolute Gasteiger partial charge is 0.255 e. The van der Waals surface area contributed by atoms with E-state index in [4.69, 9.17) is 4.74 Å². The molecule has 110 valence electrons. The van der Waals surface area contributed by atoms with Crippen molar-refractivity contribution in [1.82, 2.24) is 0 Å². The molecule has 3 heteroatoms. The number of hydrogen-bond donors (Lipinski definition) is 1. The zero-order valence-corrected chi connectivity index (χ0v) is 12.8. The monoisotopic (exact) mass is 283 g/mol. The van der Waals surface area contributed by atoms with Crippen molar-refractivity contribution >= 4 is 11.6 Å². The summed E-state index contributed by atoms with van der Waals surface area (Å²) < 4.78 is 5.51. The van der Waals surface area contributed by atoms with E-state index in [1.54, 1.807) is 12.1 Å². The third kappa shape index (κ3) is 4.09. The second-order valence-electron chi connectivity index (χ2n) is 5.13. The van der Waals surface area contributed by atoms with Gasteiger partial charge in [0.15, 0.2) is 0 Å². The molecule has 0 aliphatic carbocycles. The van der Waals surface area contributed by atoms with E-state index in [1.807, 2.05) is 37.3 Å². The average molecular weight is 283 g/mol. The molecule has 0 aromatic heterocycles. The molecule has 0 saturated carbocycles. The fourth-order valence-corrected chi connectivity index (χ4v) is 1.94. The van der Waals surface area contributed by atoms with E-state index in [2.05, 4.69) is 19.2 Å². The van der Waals surface area contributed by atoms with Gasteiger partial charge < -0.3 is 10.1 Å². The number of aryl methyl sites for hydroxylation is 2. The summed E-state index contributed by atoms with van der Waals surface area (Å²) in [7, 11) is 0. The van der Waals surface area contributed by atoms with Crippen molar-refractivity contribution in [2.75, 3.05) is 11.9 Å². The van der Waals surface area contributed by atoms with Crippen LogP contribution in [0.2, 0.25) is 0 Å². The van der Waals surface area contributed by atoms with E-state index >= 15 is 0 Å². The number of benzene rings is 2. The summed E-state index contributed by atoms with van der Waals surface area (Å²) in [5, 5.41) is 2.91. The van der Waals surface area contributed by atoms with E-state index in [1.165, 1.54) is 5.56 Å². The maximum Gasteiger partial charge on any atom is 0.255 e. The first-order valence-electron chi connectivity index (χ1n) is 7.21. The highest BCUT2D eigenvalue weighted by Gasteiger charge is 2.07. The number of rotatable bonds is 5. The van der Waals surface area contributed by atoms with Crippen LogP contribution < -0.4 is 10.1 Å². The molecule has 0 aliphatic heterocycles. The SMILES string of the molecule is CCCOc1ccc(C(=O)Nc2ccc(C)c(C)c2)cc1. The quantitative estimate of drug-likeness (QED) is 0.886. The lowest BCUT2D eigenvalue weighted by Crippen LogP contribution is -2.12. The molecule has 21 heavy (non-hydrogen) atoms. The van der Waals surface area contributed by atoms with Gasteiger partial charge in [-0.1, -0.05) is 13.0 Å². The predicted molar refractivity (Wildman–Crippen MR) is 86.1 cm³/mol. The molecule has 0 unspecified atom stereocenters. The summed E-state index contributed by atoms with van der Waals surface area (Å²) >= 11 is 0. The number of hydrogen-bond acceptors (Lipinski definition) is 2. The number of nitrogens with one attached hydrogen (secondary N) is 1. The molecule has 0 atom stereocenters. The highest BCUT2D eigenvalue weighted by Crippen LogP contribution is 2.17. The van der Waals surface area contributed by atoms with Gasteiger partial charge in [0, 0.05) is 11.3 Å². The normalized spacial score (nSPS) is 10.2. The zero-order valence-electron chi connectivity index (χ0n) is 12.8. The first kappa shape index (κ1) is 15.1. The van der Waals surface area contributed by atoms with Crippen LogP contribution in [-0.2, 0) is 0 Å². The molecule has 1 amide bonds. The molecule has 0 saturated heterocycles. The number of ether oxygens (including phenoxy) is 1. The van der Waals surface area contributed by atoms with Gasteiger partial charge in [0.05, 0.1) is 6.61 Å². The van der Waals surface area contributed by atoms with Crippen LogP contribution in [0.25, 0.3) is 0 Å². The minimum Gasteiger partial charge on any atom is -0.494 e. The standard InChI is InChI=1S/C18H21NO2/c1-4-11-21-17-9-6-15(7-10-17)18(20)19-16-8-5-13(2)14(3)12-16/h5-10,12H,4,11H2,1-3H3,(H,19,20). The second kappa shape index (κ2) is 6.93. The Hall–Kier alpha value is -2.29. The molecule has 0 spiro atoms. The van der Waals surface area contributed by atoms with Crippen molar-refractivity contribution in [2.45, 2.75) is 27.2 Å². The maximum absolute atomic E-state index is 12.2. The number of carbonyl (C=O) groups excluding carboxylic acids is 1. The van der Waals surface area contributed by atoms with E-state index in [0.29, 0.717) is 12.2 Å². The Morgan fingerprint density at radius 1 is 1.05 bits per heavy atom. The van der Waals surface area contributed by atoms with Crippen LogP contribution in [0.1, 0.15) is 34.8 Å². The van der Waals surface area contributed by atoms with Gasteiger partial charge in [0.2, 0.25) is 0 Å². The fourth-order valence-electron chi connectivity index (χ4n) is 1.94. The lowest BCUT2D eigenvalue weighted by atomic mass is 10.1. The van der Waals surface area contributed by atoms with Crippen LogP contribution in [0.15, 0.2) is 42.5 Å². The van der Waals surface area contributed by atoms with Crippen molar-refractivity contribution in [2.24, 2.45) is 0 Å². The molecule has 2 aromatic carbocycles. The predicted octanol–water partition coefficient (Wildman–Crippen LogP) is 4.34. The summed E-state index contributed by atoms with van der Waals surface area (Å²) in [6, 6.07) is 13.1. The fraction of sp³-hybridized carbons (Fsp3) is 0.278. The van der Waals surface area contributed by atoms with Gasteiger partial charge >= 0.3 is 0 Å². The van der Waals surface area contributed by atoms with Crippen LogP contribution in [0.3, 0.4) is 0 Å². The molecule has 0 bridgehead atoms. The minimum atomic E-state index is -0.111. The average Bonchev–Trinajstić information content (AvgIpc) is 2.49. The Labute approximate surface area is 126 Å². The zero-order chi connectivity index (χ0) is 15.2. The van der Waals surface area contributed by atoms with Crippen molar-refractivity contribution in [3.8, 4) is 5.75 Å². The van der Waals surface area contributed by atoms with Gasteiger partial charge in [0.25, 0.3) is 5.91 Å². The van der Waals surface area contributed by atoms with Crippen LogP contribution >= 0.6 is 0 Å². The summed E-state index contributed by atoms with van der Waals surface area (Å²) in [6.45, 7) is 6.83. The highest BCUT2D eigenvalue weighted by atomic mass is 16.5. The lowest BCUT2D eigenvalue weighted by Gasteiger charge is -2.09. The molecule has 2 aromatic rings. The summed E-state index contributed by atoms with van der Waals surface area (Å²) in [5.41, 5.74) is 3.81. The Morgan fingerprint density at radius 3 is 2.38 bits per heavy atom. The van der Waals surface area contributed by atoms with E-state index in [0.717, 1.165) is 23.4 Å². The van der Waals surface area contributed by atoms with E-state index in [9.17, 15) is 4.79 Å². The van der Waals surface area contributed by atoms with Gasteiger partial charge in [-0.15, -0.1) is 0 Å². The Kier molecular flexibility index (Phi) is 4.99. The lowest BCUT2D eigenvalue weighted by molar-refractivity contribution is 0.102. The van der Waals surface area contributed by atoms with Crippen molar-refractivity contribution in [3.05, 3.63) is 59.2 Å². The first-order valence-corrected chi connectivity index (χ1v) is 7.21.